The summed E-state index contributed by atoms with van der Waals surface area (Å²) in [5.41, 5.74) is 7.11. The summed E-state index contributed by atoms with van der Waals surface area (Å²) in [6.45, 7) is 5.87. The highest BCUT2D eigenvalue weighted by molar-refractivity contribution is 7.80. The van der Waals surface area contributed by atoms with Crippen molar-refractivity contribution in [3.8, 4) is 11.5 Å². The van der Waals surface area contributed by atoms with Gasteiger partial charge in [0.2, 0.25) is 5.91 Å². The fraction of sp³-hybridized carbons (Fsp3) is 0.318. The maximum Gasteiger partial charge on any atom is 0.279 e. The molecule has 0 saturated carbocycles. The van der Waals surface area contributed by atoms with Gasteiger partial charge < -0.3 is 14.8 Å². The lowest BCUT2D eigenvalue weighted by Crippen LogP contribution is -2.51. The fourth-order valence-electron chi connectivity index (χ4n) is 2.49. The standard InChI is InChI=1S/C22H25Cl2N3O4S/c1-13-6-8-17(11-14(13)2)31-15(3)21(29)26-27-22(32)25-20(28)5-4-10-30-19-9-7-16(23)12-18(19)24/h6-9,11-12,15H,4-5,10H2,1-3H3,(H,26,29)(H2,25,27,28,32). The number of carbonyl (C=O) groups is 2. The second-order valence-electron chi connectivity index (χ2n) is 7.02. The predicted molar refractivity (Wildman–Crippen MR) is 129 cm³/mol. The average Bonchev–Trinajstić information content (AvgIpc) is 2.73. The Bertz CT molecular complexity index is 988. The molecule has 0 saturated heterocycles. The number of hydrogen-bond acceptors (Lipinski definition) is 5. The van der Waals surface area contributed by atoms with Gasteiger partial charge in [0.1, 0.15) is 11.5 Å². The van der Waals surface area contributed by atoms with E-state index in [9.17, 15) is 9.59 Å². The van der Waals surface area contributed by atoms with E-state index in [1.54, 1.807) is 31.2 Å². The summed E-state index contributed by atoms with van der Waals surface area (Å²) in [4.78, 5) is 24.2. The largest absolute Gasteiger partial charge is 0.492 e. The molecule has 0 spiro atoms. The number of halogens is 2. The lowest BCUT2D eigenvalue weighted by Gasteiger charge is -2.17. The molecule has 32 heavy (non-hydrogen) atoms. The van der Waals surface area contributed by atoms with Crippen molar-refractivity contribution in [2.75, 3.05) is 6.61 Å². The summed E-state index contributed by atoms with van der Waals surface area (Å²) in [5, 5.41) is 3.37. The summed E-state index contributed by atoms with van der Waals surface area (Å²) < 4.78 is 11.2. The molecule has 0 heterocycles. The van der Waals surface area contributed by atoms with Crippen LogP contribution in [-0.2, 0) is 9.59 Å². The Balaban J connectivity index is 1.65. The van der Waals surface area contributed by atoms with E-state index in [1.807, 2.05) is 26.0 Å². The summed E-state index contributed by atoms with van der Waals surface area (Å²) in [6, 6.07) is 10.5. The van der Waals surface area contributed by atoms with Gasteiger partial charge in [0.25, 0.3) is 5.91 Å². The molecule has 7 nitrogen and oxygen atoms in total. The van der Waals surface area contributed by atoms with Crippen LogP contribution in [0.25, 0.3) is 0 Å². The number of aryl methyl sites for hydroxylation is 2. The fourth-order valence-corrected chi connectivity index (χ4v) is 3.12. The number of hydrazine groups is 1. The van der Waals surface area contributed by atoms with E-state index in [2.05, 4.69) is 16.2 Å². The number of amides is 2. The average molecular weight is 498 g/mol. The highest BCUT2D eigenvalue weighted by Gasteiger charge is 2.15. The molecule has 1 unspecified atom stereocenters. The Morgan fingerprint density at radius 1 is 1.06 bits per heavy atom. The van der Waals surface area contributed by atoms with Crippen LogP contribution in [0, 0.1) is 13.8 Å². The maximum absolute atomic E-state index is 12.2. The number of ether oxygens (including phenoxy) is 2. The van der Waals surface area contributed by atoms with Gasteiger partial charge in [-0.15, -0.1) is 0 Å². The topological polar surface area (TPSA) is 88.7 Å². The van der Waals surface area contributed by atoms with Crippen molar-refractivity contribution in [2.24, 2.45) is 0 Å². The van der Waals surface area contributed by atoms with Gasteiger partial charge in [0.05, 0.1) is 11.6 Å². The van der Waals surface area contributed by atoms with E-state index in [-0.39, 0.29) is 17.4 Å². The van der Waals surface area contributed by atoms with Gasteiger partial charge in [-0.3, -0.25) is 20.4 Å². The summed E-state index contributed by atoms with van der Waals surface area (Å²) in [6.07, 6.45) is -0.145. The van der Waals surface area contributed by atoms with E-state index in [1.165, 1.54) is 0 Å². The molecule has 2 rings (SSSR count). The van der Waals surface area contributed by atoms with Crippen molar-refractivity contribution in [1.29, 1.82) is 0 Å². The minimum absolute atomic E-state index is 0.0246. The van der Waals surface area contributed by atoms with E-state index >= 15 is 0 Å². The Labute approximate surface area is 202 Å². The Hall–Kier alpha value is -2.55. The van der Waals surface area contributed by atoms with Gasteiger partial charge in [0, 0.05) is 11.4 Å². The monoisotopic (exact) mass is 497 g/mol. The van der Waals surface area contributed by atoms with Crippen LogP contribution in [0.5, 0.6) is 11.5 Å². The Morgan fingerprint density at radius 3 is 2.50 bits per heavy atom. The number of carbonyl (C=O) groups excluding carboxylic acids is 2. The molecule has 1 atom stereocenters. The first kappa shape index (κ1) is 25.7. The van der Waals surface area contributed by atoms with Crippen LogP contribution in [0.15, 0.2) is 36.4 Å². The zero-order valence-corrected chi connectivity index (χ0v) is 20.3. The van der Waals surface area contributed by atoms with Crippen molar-refractivity contribution in [3.63, 3.8) is 0 Å². The molecule has 0 aliphatic carbocycles. The van der Waals surface area contributed by atoms with E-state index in [0.29, 0.717) is 34.6 Å². The Kier molecular flexibility index (Phi) is 10.0. The quantitative estimate of drug-likeness (QED) is 0.287. The minimum Gasteiger partial charge on any atom is -0.492 e. The van der Waals surface area contributed by atoms with Crippen LogP contribution < -0.4 is 25.6 Å². The number of hydrogen-bond donors (Lipinski definition) is 3. The molecule has 0 radical (unpaired) electrons. The third-order valence-electron chi connectivity index (χ3n) is 4.41. The van der Waals surface area contributed by atoms with Crippen molar-refractivity contribution in [1.82, 2.24) is 16.2 Å². The summed E-state index contributed by atoms with van der Waals surface area (Å²) >= 11 is 16.9. The molecule has 172 valence electrons. The molecular weight excluding hydrogens is 473 g/mol. The minimum atomic E-state index is -0.764. The number of rotatable bonds is 8. The van der Waals surface area contributed by atoms with Gasteiger partial charge in [-0.05, 0) is 80.9 Å². The molecule has 10 heteroatoms. The predicted octanol–water partition coefficient (Wildman–Crippen LogP) is 4.26. The maximum atomic E-state index is 12.2. The second-order valence-corrected chi connectivity index (χ2v) is 8.28. The van der Waals surface area contributed by atoms with Gasteiger partial charge in [0.15, 0.2) is 11.2 Å². The van der Waals surface area contributed by atoms with Crippen molar-refractivity contribution < 1.29 is 19.1 Å². The number of nitrogens with one attached hydrogen (secondary N) is 3. The summed E-state index contributed by atoms with van der Waals surface area (Å²) in [7, 11) is 0. The van der Waals surface area contributed by atoms with Gasteiger partial charge in [-0.2, -0.15) is 0 Å². The third-order valence-corrected chi connectivity index (χ3v) is 5.15. The third kappa shape index (κ3) is 8.53. The smallest absolute Gasteiger partial charge is 0.279 e. The molecule has 2 aromatic rings. The first-order chi connectivity index (χ1) is 15.2. The highest BCUT2D eigenvalue weighted by atomic mass is 35.5. The molecule has 3 N–H and O–H groups in total. The zero-order chi connectivity index (χ0) is 23.7. The molecular formula is C22H25Cl2N3O4S. The van der Waals surface area contributed by atoms with E-state index in [4.69, 9.17) is 44.9 Å². The van der Waals surface area contributed by atoms with Crippen LogP contribution in [0.3, 0.4) is 0 Å². The lowest BCUT2D eigenvalue weighted by atomic mass is 10.1. The molecule has 2 aromatic carbocycles. The number of thiocarbonyl (C=S) groups is 1. The normalized spacial score (nSPS) is 11.3. The van der Waals surface area contributed by atoms with Crippen LogP contribution >= 0.6 is 35.4 Å². The van der Waals surface area contributed by atoms with E-state index in [0.717, 1.165) is 11.1 Å². The molecule has 2 amide bonds. The van der Waals surface area contributed by atoms with Crippen LogP contribution in [0.4, 0.5) is 0 Å². The zero-order valence-electron chi connectivity index (χ0n) is 18.0. The first-order valence-corrected chi connectivity index (χ1v) is 11.0. The lowest BCUT2D eigenvalue weighted by molar-refractivity contribution is -0.128. The van der Waals surface area contributed by atoms with Crippen molar-refractivity contribution in [2.45, 2.75) is 39.7 Å². The molecule has 0 aliphatic rings. The van der Waals surface area contributed by atoms with Gasteiger partial charge in [-0.25, -0.2) is 0 Å². The summed E-state index contributed by atoms with van der Waals surface area (Å²) in [5.74, 6) is 0.331. The molecule has 0 aliphatic heterocycles. The molecule has 0 bridgehead atoms. The van der Waals surface area contributed by atoms with Crippen molar-refractivity contribution in [3.05, 3.63) is 57.6 Å². The molecule has 0 aromatic heterocycles. The Morgan fingerprint density at radius 2 is 1.81 bits per heavy atom. The van der Waals surface area contributed by atoms with Crippen molar-refractivity contribution >= 4 is 52.3 Å². The van der Waals surface area contributed by atoms with Crippen LogP contribution in [0.2, 0.25) is 10.0 Å². The SMILES string of the molecule is Cc1ccc(OC(C)C(=O)NNC(=S)NC(=O)CCCOc2ccc(Cl)cc2Cl)cc1C. The van der Waals surface area contributed by atoms with Gasteiger partial charge in [-0.1, -0.05) is 29.3 Å². The number of benzene rings is 2. The van der Waals surface area contributed by atoms with Crippen LogP contribution in [-0.4, -0.2) is 29.6 Å². The van der Waals surface area contributed by atoms with Gasteiger partial charge >= 0.3 is 0 Å². The highest BCUT2D eigenvalue weighted by Crippen LogP contribution is 2.27. The first-order valence-electron chi connectivity index (χ1n) is 9.87. The second kappa shape index (κ2) is 12.5. The van der Waals surface area contributed by atoms with Crippen LogP contribution in [0.1, 0.15) is 30.9 Å². The van der Waals surface area contributed by atoms with E-state index < -0.39 is 12.0 Å². The molecule has 0 fully saturated rings.